The Morgan fingerprint density at radius 2 is 1.72 bits per heavy atom. The molecule has 1 saturated carbocycles. The van der Waals surface area contributed by atoms with Gasteiger partial charge in [-0.25, -0.2) is 0 Å². The topological polar surface area (TPSA) is 64.8 Å². The third-order valence-electron chi connectivity index (χ3n) is 4.39. The number of hydrogen-bond donors (Lipinski definition) is 1. The van der Waals surface area contributed by atoms with Crippen LogP contribution in [0.5, 0.6) is 11.5 Å². The molecule has 0 unspecified atom stereocenters. The van der Waals surface area contributed by atoms with Gasteiger partial charge in [-0.1, -0.05) is 12.1 Å². The summed E-state index contributed by atoms with van der Waals surface area (Å²) in [5.74, 6) is 1.28. The number of nitrogens with two attached hydrogens (primary N) is 1. The Kier molecular flexibility index (Phi) is 5.56. The van der Waals surface area contributed by atoms with Gasteiger partial charge in [0, 0.05) is 24.7 Å². The highest BCUT2D eigenvalue weighted by molar-refractivity contribution is 5.92. The molecule has 0 heterocycles. The van der Waals surface area contributed by atoms with Crippen LogP contribution in [0.1, 0.15) is 28.8 Å². The lowest BCUT2D eigenvalue weighted by Crippen LogP contribution is -2.30. The first-order valence-corrected chi connectivity index (χ1v) is 8.55. The number of ether oxygens (including phenoxy) is 2. The molecule has 25 heavy (non-hydrogen) atoms. The van der Waals surface area contributed by atoms with Crippen molar-refractivity contribution in [1.82, 2.24) is 4.90 Å². The fourth-order valence-electron chi connectivity index (χ4n) is 2.79. The highest BCUT2D eigenvalue weighted by Gasteiger charge is 2.28. The molecule has 5 heteroatoms. The van der Waals surface area contributed by atoms with Gasteiger partial charge in [-0.3, -0.25) is 9.69 Å². The van der Waals surface area contributed by atoms with E-state index in [0.717, 1.165) is 24.6 Å². The zero-order chi connectivity index (χ0) is 17.6. The molecule has 0 spiro atoms. The molecule has 0 radical (unpaired) electrons. The predicted octanol–water partition coefficient (Wildman–Crippen LogP) is 2.84. The fourth-order valence-corrected chi connectivity index (χ4v) is 2.79. The fraction of sp³-hybridized carbons (Fsp3) is 0.350. The molecule has 1 aliphatic rings. The number of carbonyl (C=O) groups excluding carboxylic acids is 1. The molecule has 1 fully saturated rings. The Labute approximate surface area is 148 Å². The van der Waals surface area contributed by atoms with Crippen LogP contribution in [0.4, 0.5) is 0 Å². The van der Waals surface area contributed by atoms with Crippen molar-refractivity contribution in [3.63, 3.8) is 0 Å². The maximum Gasteiger partial charge on any atom is 0.248 e. The minimum atomic E-state index is -0.390. The van der Waals surface area contributed by atoms with Crippen LogP contribution < -0.4 is 15.2 Å². The SMILES string of the molecule is COc1ccc(OCCN(Cc2ccc(C(N)=O)cc2)C2CC2)cc1. The van der Waals surface area contributed by atoms with Crippen molar-refractivity contribution in [2.75, 3.05) is 20.3 Å². The van der Waals surface area contributed by atoms with Crippen LogP contribution in [0.25, 0.3) is 0 Å². The minimum Gasteiger partial charge on any atom is -0.497 e. The molecule has 1 amide bonds. The van der Waals surface area contributed by atoms with Gasteiger partial charge in [0.25, 0.3) is 0 Å². The Bertz CT molecular complexity index is 694. The maximum absolute atomic E-state index is 11.2. The van der Waals surface area contributed by atoms with E-state index in [0.29, 0.717) is 18.2 Å². The molecule has 0 aromatic heterocycles. The monoisotopic (exact) mass is 340 g/mol. The summed E-state index contributed by atoms with van der Waals surface area (Å²) < 4.78 is 11.0. The summed E-state index contributed by atoms with van der Waals surface area (Å²) in [5.41, 5.74) is 7.02. The molecule has 0 bridgehead atoms. The van der Waals surface area contributed by atoms with E-state index in [-0.39, 0.29) is 0 Å². The van der Waals surface area contributed by atoms with Gasteiger partial charge in [-0.05, 0) is 54.8 Å². The van der Waals surface area contributed by atoms with Gasteiger partial charge in [0.05, 0.1) is 7.11 Å². The van der Waals surface area contributed by atoms with E-state index in [1.165, 1.54) is 18.4 Å². The molecule has 1 aliphatic carbocycles. The Hall–Kier alpha value is -2.53. The van der Waals surface area contributed by atoms with Crippen molar-refractivity contribution in [2.24, 2.45) is 5.73 Å². The van der Waals surface area contributed by atoms with Crippen LogP contribution in [0.3, 0.4) is 0 Å². The summed E-state index contributed by atoms with van der Waals surface area (Å²) in [4.78, 5) is 13.6. The molecule has 5 nitrogen and oxygen atoms in total. The second-order valence-electron chi connectivity index (χ2n) is 6.29. The van der Waals surface area contributed by atoms with Crippen LogP contribution in [0, 0.1) is 0 Å². The number of methoxy groups -OCH3 is 1. The van der Waals surface area contributed by atoms with E-state index in [9.17, 15) is 4.79 Å². The Morgan fingerprint density at radius 1 is 1.08 bits per heavy atom. The molecular formula is C20H24N2O3. The molecular weight excluding hydrogens is 316 g/mol. The lowest BCUT2D eigenvalue weighted by molar-refractivity contribution is 0.100. The normalized spacial score (nSPS) is 13.7. The summed E-state index contributed by atoms with van der Waals surface area (Å²) in [6.45, 7) is 2.37. The Balaban J connectivity index is 1.51. The largest absolute Gasteiger partial charge is 0.497 e. The van der Waals surface area contributed by atoms with E-state index >= 15 is 0 Å². The number of primary amides is 1. The number of nitrogens with zero attached hydrogens (tertiary/aromatic N) is 1. The number of hydrogen-bond acceptors (Lipinski definition) is 4. The van der Waals surface area contributed by atoms with Crippen LogP contribution in [0.15, 0.2) is 48.5 Å². The third kappa shape index (κ3) is 4.97. The average molecular weight is 340 g/mol. The summed E-state index contributed by atoms with van der Waals surface area (Å²) in [6.07, 6.45) is 2.48. The summed E-state index contributed by atoms with van der Waals surface area (Å²) >= 11 is 0. The van der Waals surface area contributed by atoms with E-state index < -0.39 is 5.91 Å². The molecule has 2 N–H and O–H groups in total. The van der Waals surface area contributed by atoms with Gasteiger partial charge in [-0.2, -0.15) is 0 Å². The van der Waals surface area contributed by atoms with E-state index in [2.05, 4.69) is 4.90 Å². The van der Waals surface area contributed by atoms with Crippen LogP contribution in [-0.2, 0) is 6.54 Å². The molecule has 0 aliphatic heterocycles. The van der Waals surface area contributed by atoms with E-state index in [4.69, 9.17) is 15.2 Å². The van der Waals surface area contributed by atoms with Crippen LogP contribution >= 0.6 is 0 Å². The average Bonchev–Trinajstić information content (AvgIpc) is 3.47. The van der Waals surface area contributed by atoms with Crippen molar-refractivity contribution < 1.29 is 14.3 Å². The summed E-state index contributed by atoms with van der Waals surface area (Å²) in [7, 11) is 1.65. The second-order valence-corrected chi connectivity index (χ2v) is 6.29. The van der Waals surface area contributed by atoms with Gasteiger partial charge in [0.2, 0.25) is 5.91 Å². The second kappa shape index (κ2) is 8.03. The maximum atomic E-state index is 11.2. The summed E-state index contributed by atoms with van der Waals surface area (Å²) in [5, 5.41) is 0. The first-order valence-electron chi connectivity index (χ1n) is 8.55. The lowest BCUT2D eigenvalue weighted by atomic mass is 10.1. The van der Waals surface area contributed by atoms with E-state index in [1.807, 2.05) is 36.4 Å². The molecule has 0 atom stereocenters. The molecule has 2 aromatic rings. The van der Waals surface area contributed by atoms with Crippen molar-refractivity contribution in [2.45, 2.75) is 25.4 Å². The number of benzene rings is 2. The number of amides is 1. The van der Waals surface area contributed by atoms with Crippen LogP contribution in [-0.4, -0.2) is 37.1 Å². The third-order valence-corrected chi connectivity index (χ3v) is 4.39. The predicted molar refractivity (Wildman–Crippen MR) is 96.9 cm³/mol. The van der Waals surface area contributed by atoms with Crippen molar-refractivity contribution in [1.29, 1.82) is 0 Å². The molecule has 0 saturated heterocycles. The van der Waals surface area contributed by atoms with Gasteiger partial charge in [0.15, 0.2) is 0 Å². The highest BCUT2D eigenvalue weighted by atomic mass is 16.5. The smallest absolute Gasteiger partial charge is 0.248 e. The van der Waals surface area contributed by atoms with Crippen LogP contribution in [0.2, 0.25) is 0 Å². The number of rotatable bonds is 9. The molecule has 3 rings (SSSR count). The summed E-state index contributed by atoms with van der Waals surface area (Å²) in [6, 6.07) is 15.8. The van der Waals surface area contributed by atoms with Crippen molar-refractivity contribution in [3.8, 4) is 11.5 Å². The first kappa shape index (κ1) is 17.3. The standard InChI is InChI=1S/C20H24N2O3/c1-24-18-8-10-19(11-9-18)25-13-12-22(17-6-7-17)14-15-2-4-16(5-3-15)20(21)23/h2-5,8-11,17H,6-7,12-14H2,1H3,(H2,21,23). The lowest BCUT2D eigenvalue weighted by Gasteiger charge is -2.22. The van der Waals surface area contributed by atoms with Gasteiger partial charge < -0.3 is 15.2 Å². The van der Waals surface area contributed by atoms with Crippen molar-refractivity contribution in [3.05, 3.63) is 59.7 Å². The van der Waals surface area contributed by atoms with E-state index in [1.54, 1.807) is 19.2 Å². The zero-order valence-electron chi connectivity index (χ0n) is 14.5. The highest BCUT2D eigenvalue weighted by Crippen LogP contribution is 2.28. The molecule has 2 aromatic carbocycles. The Morgan fingerprint density at radius 3 is 2.28 bits per heavy atom. The van der Waals surface area contributed by atoms with Crippen molar-refractivity contribution >= 4 is 5.91 Å². The van der Waals surface area contributed by atoms with Gasteiger partial charge in [-0.15, -0.1) is 0 Å². The first-order chi connectivity index (χ1) is 12.2. The van der Waals surface area contributed by atoms with Gasteiger partial charge in [0.1, 0.15) is 18.1 Å². The van der Waals surface area contributed by atoms with Gasteiger partial charge >= 0.3 is 0 Å². The zero-order valence-corrected chi connectivity index (χ0v) is 14.5. The number of carbonyl (C=O) groups is 1. The quantitative estimate of drug-likeness (QED) is 0.762. The molecule has 132 valence electrons. The minimum absolute atomic E-state index is 0.390.